The first-order valence-electron chi connectivity index (χ1n) is 8.11. The number of nitrogens with one attached hydrogen (secondary N) is 3. The van der Waals surface area contributed by atoms with E-state index in [2.05, 4.69) is 25.9 Å². The Morgan fingerprint density at radius 3 is 2.30 bits per heavy atom. The second-order valence-corrected chi connectivity index (χ2v) is 6.08. The molecule has 2 aromatic carbocycles. The molecule has 0 unspecified atom stereocenters. The predicted molar refractivity (Wildman–Crippen MR) is 107 cm³/mol. The summed E-state index contributed by atoms with van der Waals surface area (Å²) in [5.74, 6) is 1.74. The summed E-state index contributed by atoms with van der Waals surface area (Å²) in [5, 5.41) is 9.67. The van der Waals surface area contributed by atoms with Gasteiger partial charge in [0.05, 0.1) is 12.8 Å². The maximum Gasteiger partial charge on any atom is 0.221 e. The normalized spacial score (nSPS) is 10.2. The lowest BCUT2D eigenvalue weighted by atomic mass is 10.2. The maximum absolute atomic E-state index is 11.1. The third-order valence-electron chi connectivity index (χ3n) is 3.57. The number of anilines is 5. The highest BCUT2D eigenvalue weighted by Gasteiger charge is 2.06. The van der Waals surface area contributed by atoms with E-state index >= 15 is 0 Å². The molecule has 27 heavy (non-hydrogen) atoms. The van der Waals surface area contributed by atoms with Crippen molar-refractivity contribution in [1.82, 2.24) is 9.97 Å². The van der Waals surface area contributed by atoms with Gasteiger partial charge in [-0.2, -0.15) is 0 Å². The molecule has 0 aliphatic rings. The number of hydrogen-bond donors (Lipinski definition) is 3. The van der Waals surface area contributed by atoms with Crippen molar-refractivity contribution in [3.63, 3.8) is 0 Å². The maximum atomic E-state index is 11.1. The molecule has 0 fully saturated rings. The molecule has 7 nitrogen and oxygen atoms in total. The number of ether oxygens (including phenoxy) is 1. The van der Waals surface area contributed by atoms with Crippen LogP contribution in [0.3, 0.4) is 0 Å². The van der Waals surface area contributed by atoms with Gasteiger partial charge < -0.3 is 20.7 Å². The van der Waals surface area contributed by atoms with E-state index < -0.39 is 0 Å². The van der Waals surface area contributed by atoms with E-state index in [1.54, 1.807) is 43.5 Å². The van der Waals surface area contributed by atoms with Gasteiger partial charge in [0, 0.05) is 29.4 Å². The monoisotopic (exact) mass is 383 g/mol. The number of benzene rings is 2. The predicted octanol–water partition coefficient (Wildman–Crippen LogP) is 4.58. The van der Waals surface area contributed by atoms with E-state index in [1.807, 2.05) is 12.1 Å². The molecular formula is C19H18ClN5O2. The summed E-state index contributed by atoms with van der Waals surface area (Å²) in [4.78, 5) is 19.5. The zero-order valence-corrected chi connectivity index (χ0v) is 15.5. The number of carbonyl (C=O) groups is 1. The van der Waals surface area contributed by atoms with Gasteiger partial charge in [0.25, 0.3) is 0 Å². The first-order valence-corrected chi connectivity index (χ1v) is 8.48. The van der Waals surface area contributed by atoms with Crippen LogP contribution >= 0.6 is 11.6 Å². The Morgan fingerprint density at radius 2 is 1.63 bits per heavy atom. The Bertz CT molecular complexity index is 947. The van der Waals surface area contributed by atoms with Crippen molar-refractivity contribution in [3.05, 3.63) is 59.9 Å². The standard InChI is InChI=1S/C19H18ClN5O2/c1-12(26)23-14-4-6-15(7-5-14)24-18-10-19(22-11-21-18)25-16-9-13(20)3-8-17(16)27-2/h3-11H,1-2H3,(H,23,26)(H2,21,22,24,25). The van der Waals surface area contributed by atoms with Crippen molar-refractivity contribution in [2.24, 2.45) is 0 Å². The van der Waals surface area contributed by atoms with Gasteiger partial charge in [-0.15, -0.1) is 0 Å². The summed E-state index contributed by atoms with van der Waals surface area (Å²) < 4.78 is 5.33. The van der Waals surface area contributed by atoms with E-state index in [9.17, 15) is 4.79 Å². The highest BCUT2D eigenvalue weighted by atomic mass is 35.5. The lowest BCUT2D eigenvalue weighted by molar-refractivity contribution is -0.114. The smallest absolute Gasteiger partial charge is 0.221 e. The largest absolute Gasteiger partial charge is 0.495 e. The van der Waals surface area contributed by atoms with Gasteiger partial charge in [-0.25, -0.2) is 9.97 Å². The van der Waals surface area contributed by atoms with Crippen LogP contribution in [0.25, 0.3) is 0 Å². The number of halogens is 1. The second kappa shape index (κ2) is 8.37. The van der Waals surface area contributed by atoms with Crippen molar-refractivity contribution < 1.29 is 9.53 Å². The molecule has 0 spiro atoms. The number of nitrogens with zero attached hydrogens (tertiary/aromatic N) is 2. The van der Waals surface area contributed by atoms with Gasteiger partial charge in [-0.3, -0.25) is 4.79 Å². The van der Waals surface area contributed by atoms with Crippen LogP contribution in [0, 0.1) is 0 Å². The van der Waals surface area contributed by atoms with Crippen LogP contribution in [0.15, 0.2) is 54.9 Å². The number of aromatic nitrogens is 2. The van der Waals surface area contributed by atoms with Crippen LogP contribution < -0.4 is 20.7 Å². The first kappa shape index (κ1) is 18.5. The van der Waals surface area contributed by atoms with Crippen LogP contribution in [0.5, 0.6) is 5.75 Å². The molecule has 138 valence electrons. The summed E-state index contributed by atoms with van der Waals surface area (Å²) in [6, 6.07) is 14.4. The Hall–Kier alpha value is -3.32. The third-order valence-corrected chi connectivity index (χ3v) is 3.80. The van der Waals surface area contributed by atoms with Crippen LogP contribution in [-0.2, 0) is 4.79 Å². The Morgan fingerprint density at radius 1 is 0.963 bits per heavy atom. The fourth-order valence-electron chi connectivity index (χ4n) is 2.40. The number of hydrogen-bond acceptors (Lipinski definition) is 6. The van der Waals surface area contributed by atoms with E-state index in [0.717, 1.165) is 11.4 Å². The molecule has 3 rings (SSSR count). The summed E-state index contributed by atoms with van der Waals surface area (Å²) in [6.07, 6.45) is 1.45. The summed E-state index contributed by atoms with van der Waals surface area (Å²) in [6.45, 7) is 1.47. The van der Waals surface area contributed by atoms with Crippen molar-refractivity contribution >= 4 is 46.2 Å². The zero-order valence-electron chi connectivity index (χ0n) is 14.8. The van der Waals surface area contributed by atoms with Crippen LogP contribution in [0.1, 0.15) is 6.92 Å². The summed E-state index contributed by atoms with van der Waals surface area (Å²) >= 11 is 6.06. The number of amides is 1. The molecule has 8 heteroatoms. The van der Waals surface area contributed by atoms with Gasteiger partial charge in [-0.05, 0) is 42.5 Å². The second-order valence-electron chi connectivity index (χ2n) is 5.64. The van der Waals surface area contributed by atoms with Crippen molar-refractivity contribution in [1.29, 1.82) is 0 Å². The van der Waals surface area contributed by atoms with Crippen molar-refractivity contribution in [2.45, 2.75) is 6.92 Å². The van der Waals surface area contributed by atoms with Gasteiger partial charge in [0.1, 0.15) is 23.7 Å². The molecule has 1 aromatic heterocycles. The Labute approximate surface area is 161 Å². The van der Waals surface area contributed by atoms with Crippen LogP contribution in [0.4, 0.5) is 28.7 Å². The van der Waals surface area contributed by atoms with Crippen LogP contribution in [-0.4, -0.2) is 23.0 Å². The number of carbonyl (C=O) groups excluding carboxylic acids is 1. The molecule has 0 aliphatic heterocycles. The molecule has 1 heterocycles. The van der Waals surface area contributed by atoms with E-state index in [4.69, 9.17) is 16.3 Å². The van der Waals surface area contributed by atoms with Gasteiger partial charge >= 0.3 is 0 Å². The van der Waals surface area contributed by atoms with Gasteiger partial charge in [0.2, 0.25) is 5.91 Å². The lowest BCUT2D eigenvalue weighted by Gasteiger charge is -2.12. The quantitative estimate of drug-likeness (QED) is 0.577. The van der Waals surface area contributed by atoms with E-state index in [1.165, 1.54) is 13.3 Å². The molecular weight excluding hydrogens is 366 g/mol. The topological polar surface area (TPSA) is 88.2 Å². The van der Waals surface area contributed by atoms with E-state index in [-0.39, 0.29) is 5.91 Å². The SMILES string of the molecule is COc1ccc(Cl)cc1Nc1cc(Nc2ccc(NC(C)=O)cc2)ncn1. The fraction of sp³-hybridized carbons (Fsp3) is 0.105. The average molecular weight is 384 g/mol. The molecule has 0 radical (unpaired) electrons. The molecule has 0 aliphatic carbocycles. The lowest BCUT2D eigenvalue weighted by Crippen LogP contribution is -2.05. The number of methoxy groups -OCH3 is 1. The van der Waals surface area contributed by atoms with E-state index in [0.29, 0.717) is 28.1 Å². The highest BCUT2D eigenvalue weighted by molar-refractivity contribution is 6.31. The van der Waals surface area contributed by atoms with Crippen LogP contribution in [0.2, 0.25) is 5.02 Å². The third kappa shape index (κ3) is 5.08. The Kier molecular flexibility index (Phi) is 5.73. The average Bonchev–Trinajstić information content (AvgIpc) is 2.63. The first-order chi connectivity index (χ1) is 13.0. The molecule has 0 saturated heterocycles. The zero-order chi connectivity index (χ0) is 19.2. The molecule has 0 saturated carbocycles. The molecule has 0 atom stereocenters. The highest BCUT2D eigenvalue weighted by Crippen LogP contribution is 2.30. The fourth-order valence-corrected chi connectivity index (χ4v) is 2.57. The minimum Gasteiger partial charge on any atom is -0.495 e. The van der Waals surface area contributed by atoms with Crippen molar-refractivity contribution in [3.8, 4) is 5.75 Å². The van der Waals surface area contributed by atoms with Crippen molar-refractivity contribution in [2.75, 3.05) is 23.1 Å². The minimum absolute atomic E-state index is 0.112. The Balaban J connectivity index is 1.74. The molecule has 3 aromatic rings. The van der Waals surface area contributed by atoms with Gasteiger partial charge in [-0.1, -0.05) is 11.6 Å². The summed E-state index contributed by atoms with van der Waals surface area (Å²) in [7, 11) is 1.59. The minimum atomic E-state index is -0.112. The molecule has 0 bridgehead atoms. The molecule has 3 N–H and O–H groups in total. The number of rotatable bonds is 6. The van der Waals surface area contributed by atoms with Gasteiger partial charge in [0.15, 0.2) is 0 Å². The summed E-state index contributed by atoms with van der Waals surface area (Å²) in [5.41, 5.74) is 2.26. The molecule has 1 amide bonds.